The van der Waals surface area contributed by atoms with E-state index in [2.05, 4.69) is 36.5 Å². The summed E-state index contributed by atoms with van der Waals surface area (Å²) in [6.45, 7) is 26.4. The van der Waals surface area contributed by atoms with Gasteiger partial charge in [-0.15, -0.1) is 0 Å². The number of likely N-dealkylation sites (tertiary alicyclic amines) is 1. The molecule has 1 aliphatic carbocycles. The summed E-state index contributed by atoms with van der Waals surface area (Å²) in [4.78, 5) is 151. The van der Waals surface area contributed by atoms with E-state index in [9.17, 15) is 58.2 Å². The minimum atomic E-state index is -1.11. The van der Waals surface area contributed by atoms with E-state index in [-0.39, 0.29) is 98.0 Å². The van der Waals surface area contributed by atoms with Crippen LogP contribution in [0.2, 0.25) is 0 Å². The third-order valence-electron chi connectivity index (χ3n) is 18.8. The number of carbonyl (C=O) groups excluding carboxylic acids is 10. The SMILES string of the molecule is CC[C@@H](C)[C@H](N(CC)CC(=O)N1CCC[C@@H]1[C@@H](OC)[C@H](C)C(=O)N[C@@H](C)[C@H](O)c1ccccc1)N(C)C(=O)[C@H](NC(=O)[C@@H](C(C)C)N(C)C(=O)OCc1ccc(NC(=O)C(CCCCN=C(C)C2=C(O)CC(C)(C)CC2=O)NC(=O)[C@H](NC(=O)CCCC(=O)OO)C(C)C)cc1)C(C)C. The van der Waals surface area contributed by atoms with Crippen LogP contribution in [0.1, 0.15) is 185 Å². The second kappa shape index (κ2) is 39.8. The van der Waals surface area contributed by atoms with Gasteiger partial charge in [-0.05, 0) is 111 Å². The number of likely N-dealkylation sites (N-methyl/N-ethyl adjacent to an activating group) is 3. The lowest BCUT2D eigenvalue weighted by atomic mass is 9.76. The summed E-state index contributed by atoms with van der Waals surface area (Å²) in [5.74, 6) is -6.37. The number of Topliss-reactive ketones (excluding diaryl/α,β-unsaturated/α-hetero) is 1. The molecule has 2 aromatic rings. The van der Waals surface area contributed by atoms with Gasteiger partial charge in [-0.1, -0.05) is 132 Å². The molecule has 1 aliphatic heterocycles. The molecule has 8 N–H and O–H groups in total. The van der Waals surface area contributed by atoms with Crippen molar-refractivity contribution in [2.75, 3.05) is 52.7 Å². The van der Waals surface area contributed by atoms with E-state index in [1.165, 1.54) is 19.1 Å². The van der Waals surface area contributed by atoms with Gasteiger partial charge < -0.3 is 61.0 Å². The van der Waals surface area contributed by atoms with E-state index in [4.69, 9.17) is 14.7 Å². The lowest BCUT2D eigenvalue weighted by molar-refractivity contribution is -0.234. The van der Waals surface area contributed by atoms with Crippen LogP contribution in [0.25, 0.3) is 0 Å². The number of hydrogen-bond acceptors (Lipinski definition) is 18. The van der Waals surface area contributed by atoms with Gasteiger partial charge >= 0.3 is 12.1 Å². The molecule has 26 nitrogen and oxygen atoms in total. The normalized spacial score (nSPS) is 17.9. The first-order valence-corrected chi connectivity index (χ1v) is 35.0. The zero-order chi connectivity index (χ0) is 74.2. The smallest absolute Gasteiger partial charge is 0.410 e. The third kappa shape index (κ3) is 24.5. The third-order valence-corrected chi connectivity index (χ3v) is 18.8. The van der Waals surface area contributed by atoms with Crippen molar-refractivity contribution in [2.45, 2.75) is 229 Å². The van der Waals surface area contributed by atoms with Crippen LogP contribution < -0.4 is 26.6 Å². The molecule has 2 aromatic carbocycles. The molecule has 8 amide bonds. The molecular weight excluding hydrogens is 1270 g/mol. The first-order valence-electron chi connectivity index (χ1n) is 35.0. The highest BCUT2D eigenvalue weighted by molar-refractivity contribution is 6.22. The molecule has 0 spiro atoms. The highest BCUT2D eigenvalue weighted by Gasteiger charge is 2.44. The summed E-state index contributed by atoms with van der Waals surface area (Å²) in [5, 5.41) is 44.5. The van der Waals surface area contributed by atoms with Gasteiger partial charge in [-0.25, -0.2) is 9.59 Å². The predicted octanol–water partition coefficient (Wildman–Crippen LogP) is 8.04. The van der Waals surface area contributed by atoms with E-state index in [0.29, 0.717) is 74.1 Å². The minimum absolute atomic E-state index is 0.00365. The molecule has 2 aliphatic rings. The summed E-state index contributed by atoms with van der Waals surface area (Å²) in [7, 11) is 4.64. The van der Waals surface area contributed by atoms with Crippen LogP contribution in [0.3, 0.4) is 0 Å². The Kier molecular flexibility index (Phi) is 33.6. The van der Waals surface area contributed by atoms with Gasteiger partial charge in [-0.2, -0.15) is 5.26 Å². The van der Waals surface area contributed by atoms with Gasteiger partial charge in [0.05, 0.1) is 48.5 Å². The fraction of sp³-hybridized carbons (Fsp3) is 0.658. The number of aliphatic hydroxyl groups excluding tert-OH is 2. The maximum Gasteiger partial charge on any atom is 0.410 e. The number of allylic oxidation sites excluding steroid dienone is 2. The molecule has 99 heavy (non-hydrogen) atoms. The molecule has 552 valence electrons. The molecule has 1 saturated heterocycles. The largest absolute Gasteiger partial charge is 0.511 e. The second-order valence-corrected chi connectivity index (χ2v) is 28.4. The van der Waals surface area contributed by atoms with Gasteiger partial charge in [0, 0.05) is 71.4 Å². The average molecular weight is 1390 g/mol. The van der Waals surface area contributed by atoms with Crippen LogP contribution in [0.5, 0.6) is 0 Å². The van der Waals surface area contributed by atoms with Gasteiger partial charge in [0.15, 0.2) is 5.78 Å². The maximum absolute atomic E-state index is 14.9. The summed E-state index contributed by atoms with van der Waals surface area (Å²) < 4.78 is 11.7. The van der Waals surface area contributed by atoms with E-state index < -0.39 is 114 Å². The quantitative estimate of drug-likeness (QED) is 0.0104. The Hall–Kier alpha value is -7.81. The number of aliphatic imine (C=N–C) groups is 1. The Morgan fingerprint density at radius 1 is 0.758 bits per heavy atom. The van der Waals surface area contributed by atoms with Crippen LogP contribution in [-0.2, 0) is 64.1 Å². The van der Waals surface area contributed by atoms with Crippen molar-refractivity contribution in [2.24, 2.45) is 40.0 Å². The number of carbonyl (C=O) groups is 10. The first-order chi connectivity index (χ1) is 46.6. The van der Waals surface area contributed by atoms with Crippen molar-refractivity contribution in [1.82, 2.24) is 40.9 Å². The van der Waals surface area contributed by atoms with Crippen molar-refractivity contribution in [3.8, 4) is 0 Å². The molecule has 1 unspecified atom stereocenters. The number of amides is 8. The number of ether oxygens (including phenoxy) is 2. The van der Waals surface area contributed by atoms with Crippen molar-refractivity contribution < 1.29 is 77.8 Å². The number of nitrogens with one attached hydrogen (secondary N) is 5. The fourth-order valence-electron chi connectivity index (χ4n) is 13.1. The zero-order valence-corrected chi connectivity index (χ0v) is 61.5. The van der Waals surface area contributed by atoms with Gasteiger partial charge in [0.25, 0.3) is 0 Å². The number of unbranched alkanes of at least 4 members (excludes halogenated alkanes) is 1. The number of benzene rings is 2. The number of hydrogen-bond donors (Lipinski definition) is 8. The first kappa shape index (κ1) is 83.6. The molecular formula is C73H114N10O16. The number of nitrogens with zero attached hydrogens (tertiary/aromatic N) is 5. The summed E-state index contributed by atoms with van der Waals surface area (Å²) in [6, 6.07) is 10.2. The Balaban J connectivity index is 1.43. The molecule has 1 fully saturated rings. The monoisotopic (exact) mass is 1390 g/mol. The highest BCUT2D eigenvalue weighted by atomic mass is 17.1. The van der Waals surface area contributed by atoms with Crippen LogP contribution >= 0.6 is 0 Å². The number of ketones is 1. The van der Waals surface area contributed by atoms with E-state index in [0.717, 1.165) is 0 Å². The average Bonchev–Trinajstić information content (AvgIpc) is 1.80. The lowest BCUT2D eigenvalue weighted by Gasteiger charge is -2.43. The maximum atomic E-state index is 14.9. The summed E-state index contributed by atoms with van der Waals surface area (Å²) in [5.41, 5.74) is 1.80. The molecule has 0 bridgehead atoms. The molecule has 4 rings (SSSR count). The lowest BCUT2D eigenvalue weighted by Crippen LogP contribution is -2.62. The molecule has 0 saturated carbocycles. The molecule has 1 heterocycles. The number of rotatable bonds is 38. The van der Waals surface area contributed by atoms with Gasteiger partial charge in [0.1, 0.15) is 36.5 Å². The van der Waals surface area contributed by atoms with Crippen molar-refractivity contribution >= 4 is 70.6 Å². The molecule has 0 radical (unpaired) electrons. The van der Waals surface area contributed by atoms with Crippen LogP contribution in [0.4, 0.5) is 10.5 Å². The van der Waals surface area contributed by atoms with Crippen molar-refractivity contribution in [3.05, 3.63) is 77.1 Å². The van der Waals surface area contributed by atoms with E-state index in [1.54, 1.807) is 102 Å². The number of aliphatic hydroxyl groups is 2. The zero-order valence-electron chi connectivity index (χ0n) is 61.5. The van der Waals surface area contributed by atoms with Crippen molar-refractivity contribution in [3.63, 3.8) is 0 Å². The minimum Gasteiger partial charge on any atom is -0.511 e. The molecule has 11 atom stereocenters. The fourth-order valence-corrected chi connectivity index (χ4v) is 13.1. The number of methoxy groups -OCH3 is 1. The van der Waals surface area contributed by atoms with Crippen LogP contribution in [0, 0.1) is 35.0 Å². The Labute approximate surface area is 585 Å². The van der Waals surface area contributed by atoms with Gasteiger partial charge in [0.2, 0.25) is 41.4 Å². The van der Waals surface area contributed by atoms with E-state index >= 15 is 0 Å². The predicted molar refractivity (Wildman–Crippen MR) is 376 cm³/mol. The Morgan fingerprint density at radius 3 is 1.98 bits per heavy atom. The second-order valence-electron chi connectivity index (χ2n) is 28.4. The van der Waals surface area contributed by atoms with Crippen LogP contribution in [0.15, 0.2) is 70.9 Å². The van der Waals surface area contributed by atoms with Crippen molar-refractivity contribution in [1.29, 1.82) is 0 Å². The highest BCUT2D eigenvalue weighted by Crippen LogP contribution is 2.36. The van der Waals surface area contributed by atoms with Crippen LogP contribution in [-0.4, -0.2) is 196 Å². The number of anilines is 1. The molecule has 26 heteroatoms. The standard InChI is InChI=1S/C73H114N10O16/c1-18-46(9)70(82(19-2)41-58(87)83-38-26-30-54(83)65(97-17)47(10)66(90)75-49(12)64(89)51-27-21-20-22-28-51)81(16)71(94)62(44(5)6)79-69(93)63(45(7)8)80(15)72(95)98-42-50-33-35-52(36-34-50)76-67(91)53(77-68(92)61(43(3)4)78-57(86)31-25-32-59(88)99-96)29-23-24-37-74-48(11)60-55(84)39-73(13,14)40-56(60)85/h20-22,27-28,33-36,43-47,49,53-54,61-65,70,84,89,96H,18-19,23-26,29-32,37-42H2,1-17H3,(H,75,90)(H,76,91)(H,77,92)(H,78,86)(H,79,93)/t46-,47+,49+,53?,54-,61-,62-,63-,64+,65+,70+/m1/s1. The Bertz CT molecular complexity index is 3100. The summed E-state index contributed by atoms with van der Waals surface area (Å²) >= 11 is 0. The summed E-state index contributed by atoms with van der Waals surface area (Å²) in [6.07, 6.45) is 0.268. The van der Waals surface area contributed by atoms with Gasteiger partial charge in [-0.3, -0.25) is 53.1 Å². The Morgan fingerprint density at radius 2 is 1.40 bits per heavy atom. The topological polar surface area (TPSA) is 345 Å². The molecule has 0 aromatic heterocycles. The van der Waals surface area contributed by atoms with E-state index in [1.807, 2.05) is 71.6 Å².